The van der Waals surface area contributed by atoms with Gasteiger partial charge < -0.3 is 20.9 Å². The Morgan fingerprint density at radius 1 is 1.11 bits per heavy atom. The summed E-state index contributed by atoms with van der Waals surface area (Å²) in [7, 11) is 4.07. The van der Waals surface area contributed by atoms with Crippen LogP contribution in [0.3, 0.4) is 0 Å². The zero-order valence-corrected chi connectivity index (χ0v) is 17.6. The molecular formula is C20H40N6O. The molecule has 1 saturated heterocycles. The SMILES string of the molecule is CCCNC(=O)CN1CCC(NC(=NC)NCCN(C)C2CCCC2)CC1. The fraction of sp³-hybridized carbons (Fsp3) is 0.900. The topological polar surface area (TPSA) is 72.0 Å². The van der Waals surface area contributed by atoms with Crippen LogP contribution in [0.4, 0.5) is 0 Å². The van der Waals surface area contributed by atoms with Crippen LogP contribution in [0.1, 0.15) is 51.9 Å². The first-order valence-corrected chi connectivity index (χ1v) is 10.8. The maximum Gasteiger partial charge on any atom is 0.234 e. The highest BCUT2D eigenvalue weighted by Gasteiger charge is 2.22. The maximum atomic E-state index is 11.8. The molecule has 0 aromatic rings. The number of guanidine groups is 1. The molecule has 27 heavy (non-hydrogen) atoms. The molecule has 2 aliphatic rings. The van der Waals surface area contributed by atoms with Crippen molar-refractivity contribution in [3.63, 3.8) is 0 Å². The number of nitrogens with zero attached hydrogens (tertiary/aromatic N) is 3. The predicted octanol–water partition coefficient (Wildman–Crippen LogP) is 1.02. The van der Waals surface area contributed by atoms with E-state index < -0.39 is 0 Å². The molecule has 0 radical (unpaired) electrons. The van der Waals surface area contributed by atoms with E-state index in [1.54, 1.807) is 0 Å². The van der Waals surface area contributed by atoms with Crippen LogP contribution in [0, 0.1) is 0 Å². The standard InChI is InChI=1S/C20H40N6O/c1-4-11-22-19(27)16-26-13-9-17(10-14-26)24-20(21-2)23-12-15-25(3)18-7-5-6-8-18/h17-18H,4-16H2,1-3H3,(H,22,27)(H2,21,23,24). The largest absolute Gasteiger partial charge is 0.355 e. The monoisotopic (exact) mass is 380 g/mol. The van der Waals surface area contributed by atoms with Crippen molar-refractivity contribution >= 4 is 11.9 Å². The average Bonchev–Trinajstić information content (AvgIpc) is 3.21. The quantitative estimate of drug-likeness (QED) is 0.411. The van der Waals surface area contributed by atoms with E-state index in [0.29, 0.717) is 12.6 Å². The Morgan fingerprint density at radius 2 is 1.81 bits per heavy atom. The number of likely N-dealkylation sites (tertiary alicyclic amines) is 1. The van der Waals surface area contributed by atoms with Crippen molar-refractivity contribution in [2.24, 2.45) is 4.99 Å². The Morgan fingerprint density at radius 3 is 2.44 bits per heavy atom. The molecule has 7 heteroatoms. The van der Waals surface area contributed by atoms with Crippen LogP contribution < -0.4 is 16.0 Å². The lowest BCUT2D eigenvalue weighted by atomic mass is 10.1. The van der Waals surface area contributed by atoms with Gasteiger partial charge in [-0.3, -0.25) is 14.7 Å². The second-order valence-corrected chi connectivity index (χ2v) is 7.96. The molecule has 0 unspecified atom stereocenters. The van der Waals surface area contributed by atoms with Gasteiger partial charge in [-0.25, -0.2) is 0 Å². The third-order valence-corrected chi connectivity index (χ3v) is 5.80. The molecule has 1 aliphatic carbocycles. The molecule has 0 aromatic heterocycles. The molecule has 7 nitrogen and oxygen atoms in total. The highest BCUT2D eigenvalue weighted by molar-refractivity contribution is 5.80. The smallest absolute Gasteiger partial charge is 0.234 e. The Labute approximate surface area is 165 Å². The number of rotatable bonds is 9. The second-order valence-electron chi connectivity index (χ2n) is 7.96. The van der Waals surface area contributed by atoms with E-state index in [0.717, 1.165) is 64.0 Å². The summed E-state index contributed by atoms with van der Waals surface area (Å²) in [4.78, 5) is 20.9. The number of hydrogen-bond donors (Lipinski definition) is 3. The van der Waals surface area contributed by atoms with Crippen LogP contribution in [0.15, 0.2) is 4.99 Å². The first-order valence-electron chi connectivity index (χ1n) is 10.8. The molecule has 1 saturated carbocycles. The van der Waals surface area contributed by atoms with Gasteiger partial charge in [0.2, 0.25) is 5.91 Å². The van der Waals surface area contributed by atoms with Crippen LogP contribution in [-0.4, -0.2) is 87.1 Å². The number of likely N-dealkylation sites (N-methyl/N-ethyl adjacent to an activating group) is 1. The lowest BCUT2D eigenvalue weighted by Gasteiger charge is -2.32. The van der Waals surface area contributed by atoms with Gasteiger partial charge in [-0.05, 0) is 39.2 Å². The Hall–Kier alpha value is -1.34. The molecule has 2 rings (SSSR count). The van der Waals surface area contributed by atoms with Crippen molar-refractivity contribution in [2.45, 2.75) is 64.0 Å². The molecule has 1 amide bonds. The lowest BCUT2D eigenvalue weighted by Crippen LogP contribution is -2.51. The van der Waals surface area contributed by atoms with Crippen molar-refractivity contribution < 1.29 is 4.79 Å². The summed E-state index contributed by atoms with van der Waals surface area (Å²) < 4.78 is 0. The minimum absolute atomic E-state index is 0.145. The van der Waals surface area contributed by atoms with E-state index in [1.165, 1.54) is 25.7 Å². The van der Waals surface area contributed by atoms with E-state index >= 15 is 0 Å². The van der Waals surface area contributed by atoms with Gasteiger partial charge >= 0.3 is 0 Å². The van der Waals surface area contributed by atoms with E-state index in [9.17, 15) is 4.79 Å². The van der Waals surface area contributed by atoms with Gasteiger partial charge in [-0.15, -0.1) is 0 Å². The third kappa shape index (κ3) is 8.05. The fourth-order valence-corrected chi connectivity index (χ4v) is 4.03. The average molecular weight is 381 g/mol. The van der Waals surface area contributed by atoms with Gasteiger partial charge in [0.25, 0.3) is 0 Å². The zero-order chi connectivity index (χ0) is 19.5. The minimum Gasteiger partial charge on any atom is -0.355 e. The number of piperidine rings is 1. The maximum absolute atomic E-state index is 11.8. The van der Waals surface area contributed by atoms with Crippen LogP contribution in [-0.2, 0) is 4.79 Å². The van der Waals surface area contributed by atoms with E-state index in [-0.39, 0.29) is 5.91 Å². The molecule has 3 N–H and O–H groups in total. The summed E-state index contributed by atoms with van der Waals surface area (Å²) >= 11 is 0. The normalized spacial score (nSPS) is 20.2. The molecule has 156 valence electrons. The van der Waals surface area contributed by atoms with Gasteiger partial charge in [0.1, 0.15) is 0 Å². The Balaban J connectivity index is 1.60. The predicted molar refractivity (Wildman–Crippen MR) is 112 cm³/mol. The van der Waals surface area contributed by atoms with E-state index in [1.807, 2.05) is 7.05 Å². The van der Waals surface area contributed by atoms with Crippen molar-refractivity contribution in [3.05, 3.63) is 0 Å². The van der Waals surface area contributed by atoms with Crippen LogP contribution >= 0.6 is 0 Å². The molecule has 0 atom stereocenters. The second kappa shape index (κ2) is 12.2. The molecular weight excluding hydrogens is 340 g/mol. The van der Waals surface area contributed by atoms with Crippen LogP contribution in [0.5, 0.6) is 0 Å². The molecule has 0 aromatic carbocycles. The Kier molecular flexibility index (Phi) is 9.91. The Bertz CT molecular complexity index is 455. The highest BCUT2D eigenvalue weighted by atomic mass is 16.2. The van der Waals surface area contributed by atoms with Gasteiger partial charge in [-0.2, -0.15) is 0 Å². The van der Waals surface area contributed by atoms with Crippen LogP contribution in [0.2, 0.25) is 0 Å². The highest BCUT2D eigenvalue weighted by Crippen LogP contribution is 2.21. The molecule has 1 aliphatic heterocycles. The van der Waals surface area contributed by atoms with Gasteiger partial charge in [0.15, 0.2) is 5.96 Å². The summed E-state index contributed by atoms with van der Waals surface area (Å²) in [5, 5.41) is 9.96. The third-order valence-electron chi connectivity index (χ3n) is 5.80. The van der Waals surface area contributed by atoms with Crippen molar-refractivity contribution in [3.8, 4) is 0 Å². The summed E-state index contributed by atoms with van der Waals surface area (Å²) in [6.45, 7) is 7.25. The number of carbonyl (C=O) groups is 1. The zero-order valence-electron chi connectivity index (χ0n) is 17.6. The summed E-state index contributed by atoms with van der Waals surface area (Å²) in [6, 6.07) is 1.19. The first-order chi connectivity index (χ1) is 13.1. The van der Waals surface area contributed by atoms with Crippen molar-refractivity contribution in [2.75, 3.05) is 53.4 Å². The van der Waals surface area contributed by atoms with Crippen molar-refractivity contribution in [1.82, 2.24) is 25.8 Å². The number of amides is 1. The number of aliphatic imine (C=N–C) groups is 1. The molecule has 2 fully saturated rings. The molecule has 0 spiro atoms. The summed E-state index contributed by atoms with van der Waals surface area (Å²) in [5.41, 5.74) is 0. The van der Waals surface area contributed by atoms with Crippen molar-refractivity contribution in [1.29, 1.82) is 0 Å². The van der Waals surface area contributed by atoms with E-state index in [4.69, 9.17) is 0 Å². The van der Waals surface area contributed by atoms with Gasteiger partial charge in [-0.1, -0.05) is 19.8 Å². The summed E-state index contributed by atoms with van der Waals surface area (Å²) in [5.74, 6) is 1.04. The van der Waals surface area contributed by atoms with E-state index in [2.05, 4.69) is 44.7 Å². The first kappa shape index (κ1) is 22.0. The number of nitrogens with one attached hydrogen (secondary N) is 3. The number of carbonyl (C=O) groups excluding carboxylic acids is 1. The van der Waals surface area contributed by atoms with Gasteiger partial charge in [0, 0.05) is 51.9 Å². The molecule has 0 bridgehead atoms. The lowest BCUT2D eigenvalue weighted by molar-refractivity contribution is -0.122. The minimum atomic E-state index is 0.145. The summed E-state index contributed by atoms with van der Waals surface area (Å²) in [6.07, 6.45) is 8.53. The van der Waals surface area contributed by atoms with Gasteiger partial charge in [0.05, 0.1) is 6.54 Å². The van der Waals surface area contributed by atoms with Crippen LogP contribution in [0.25, 0.3) is 0 Å². The number of hydrogen-bond acceptors (Lipinski definition) is 4. The fourth-order valence-electron chi connectivity index (χ4n) is 4.03. The molecule has 1 heterocycles.